The Balaban J connectivity index is 1.61. The number of nitrogens with zero attached hydrogens (tertiary/aromatic N) is 3. The summed E-state index contributed by atoms with van der Waals surface area (Å²) in [4.78, 5) is 6.83. The molecular formula is C23H21BN3O+. The molecule has 0 aliphatic carbocycles. The number of anilines is 1. The standard InChI is InChI=1S/C23H21BN3O/c1-16-9-10-19-22-20(28-23(19)25-16)11-13-24(27(22)3)21-15-18(12-14-26(21)2)17-7-5-4-6-8-17/h4-15H,1-3H3/q+1. The van der Waals surface area contributed by atoms with Gasteiger partial charge in [-0.25, -0.2) is 9.55 Å². The highest BCUT2D eigenvalue weighted by Gasteiger charge is 2.35. The molecule has 0 saturated carbocycles. The summed E-state index contributed by atoms with van der Waals surface area (Å²) in [6.07, 6.45) is 4.21. The molecule has 0 radical (unpaired) electrons. The monoisotopic (exact) mass is 366 g/mol. The van der Waals surface area contributed by atoms with Crippen LogP contribution in [0.2, 0.25) is 0 Å². The molecule has 28 heavy (non-hydrogen) atoms. The van der Waals surface area contributed by atoms with Gasteiger partial charge < -0.3 is 9.23 Å². The van der Waals surface area contributed by atoms with E-state index >= 15 is 0 Å². The molecule has 0 saturated heterocycles. The molecule has 0 unspecified atom stereocenters. The third-order valence-corrected chi connectivity index (χ3v) is 5.49. The fourth-order valence-electron chi connectivity index (χ4n) is 3.99. The summed E-state index contributed by atoms with van der Waals surface area (Å²) in [5.74, 6) is 3.07. The fraction of sp³-hybridized carbons (Fsp3) is 0.130. The average molecular weight is 366 g/mol. The minimum Gasteiger partial charge on any atom is -0.436 e. The Morgan fingerprint density at radius 1 is 1.04 bits per heavy atom. The van der Waals surface area contributed by atoms with E-state index in [2.05, 4.69) is 89.2 Å². The van der Waals surface area contributed by atoms with E-state index in [4.69, 9.17) is 4.42 Å². The third-order valence-electron chi connectivity index (χ3n) is 5.49. The Morgan fingerprint density at radius 3 is 2.68 bits per heavy atom. The number of fused-ring (bicyclic) bond motifs is 3. The van der Waals surface area contributed by atoms with Gasteiger partial charge in [-0.2, -0.15) is 0 Å². The minimum absolute atomic E-state index is 0.114. The van der Waals surface area contributed by atoms with Crippen LogP contribution in [0.25, 0.3) is 28.3 Å². The van der Waals surface area contributed by atoms with Crippen LogP contribution >= 0.6 is 0 Å². The summed E-state index contributed by atoms with van der Waals surface area (Å²) in [5, 5.41) is 1.05. The molecule has 136 valence electrons. The molecule has 4 aromatic rings. The lowest BCUT2D eigenvalue weighted by atomic mass is 9.55. The molecular weight excluding hydrogens is 345 g/mol. The van der Waals surface area contributed by atoms with Crippen molar-refractivity contribution in [1.29, 1.82) is 0 Å². The Labute approximate surface area is 164 Å². The maximum absolute atomic E-state index is 6.00. The predicted molar refractivity (Wildman–Crippen MR) is 115 cm³/mol. The lowest BCUT2D eigenvalue weighted by Gasteiger charge is -2.26. The highest BCUT2D eigenvalue weighted by Crippen LogP contribution is 2.36. The molecule has 0 fully saturated rings. The van der Waals surface area contributed by atoms with E-state index in [0.717, 1.165) is 22.5 Å². The topological polar surface area (TPSA) is 33.1 Å². The van der Waals surface area contributed by atoms with Crippen molar-refractivity contribution in [2.45, 2.75) is 6.92 Å². The number of pyridine rings is 2. The fourth-order valence-corrected chi connectivity index (χ4v) is 3.99. The number of hydrogen-bond acceptors (Lipinski definition) is 3. The van der Waals surface area contributed by atoms with Gasteiger partial charge in [0.05, 0.1) is 11.1 Å². The zero-order chi connectivity index (χ0) is 19.3. The number of furan rings is 1. The smallest absolute Gasteiger partial charge is 0.396 e. The Bertz CT molecular complexity index is 1210. The molecule has 3 aromatic heterocycles. The van der Waals surface area contributed by atoms with Gasteiger partial charge in [-0.1, -0.05) is 36.3 Å². The zero-order valence-corrected chi connectivity index (χ0v) is 16.3. The van der Waals surface area contributed by atoms with Crippen molar-refractivity contribution in [2.24, 2.45) is 7.05 Å². The molecule has 1 aliphatic rings. The number of rotatable bonds is 2. The van der Waals surface area contributed by atoms with E-state index in [1.807, 2.05) is 19.1 Å². The highest BCUT2D eigenvalue weighted by atomic mass is 16.3. The highest BCUT2D eigenvalue weighted by molar-refractivity contribution is 6.81. The summed E-state index contributed by atoms with van der Waals surface area (Å²) >= 11 is 0. The summed E-state index contributed by atoms with van der Waals surface area (Å²) in [6.45, 7) is 2.10. The first-order valence-corrected chi connectivity index (χ1v) is 9.48. The van der Waals surface area contributed by atoms with Crippen molar-refractivity contribution in [3.63, 3.8) is 0 Å². The molecule has 1 aliphatic heterocycles. The maximum Gasteiger partial charge on any atom is 0.396 e. The first-order valence-electron chi connectivity index (χ1n) is 9.48. The minimum atomic E-state index is 0.114. The van der Waals surface area contributed by atoms with Crippen molar-refractivity contribution >= 4 is 35.3 Å². The van der Waals surface area contributed by atoms with Crippen LogP contribution < -0.4 is 15.0 Å². The first-order chi connectivity index (χ1) is 13.6. The number of benzene rings is 1. The van der Waals surface area contributed by atoms with E-state index in [9.17, 15) is 0 Å². The first kappa shape index (κ1) is 16.8. The van der Waals surface area contributed by atoms with Crippen LogP contribution in [0, 0.1) is 6.92 Å². The summed E-state index contributed by atoms with van der Waals surface area (Å²) in [5.41, 5.74) is 6.42. The molecule has 4 heterocycles. The van der Waals surface area contributed by atoms with Gasteiger partial charge in [-0.15, -0.1) is 0 Å². The summed E-state index contributed by atoms with van der Waals surface area (Å²) in [7, 11) is 4.22. The van der Waals surface area contributed by atoms with Crippen LogP contribution in [0.1, 0.15) is 11.5 Å². The van der Waals surface area contributed by atoms with Crippen LogP contribution in [0.4, 0.5) is 5.69 Å². The second-order valence-electron chi connectivity index (χ2n) is 7.35. The van der Waals surface area contributed by atoms with Crippen LogP contribution in [-0.2, 0) is 7.05 Å². The largest absolute Gasteiger partial charge is 0.436 e. The zero-order valence-electron chi connectivity index (χ0n) is 16.3. The molecule has 0 atom stereocenters. The molecule has 1 aromatic carbocycles. The van der Waals surface area contributed by atoms with Crippen LogP contribution in [0.15, 0.2) is 71.2 Å². The molecule has 0 amide bonds. The van der Waals surface area contributed by atoms with E-state index in [0.29, 0.717) is 5.71 Å². The van der Waals surface area contributed by atoms with E-state index in [-0.39, 0.29) is 6.85 Å². The maximum atomic E-state index is 6.00. The van der Waals surface area contributed by atoms with E-state index in [1.165, 1.54) is 16.7 Å². The Morgan fingerprint density at radius 2 is 1.86 bits per heavy atom. The van der Waals surface area contributed by atoms with Crippen LogP contribution in [0.3, 0.4) is 0 Å². The number of aryl methyl sites for hydroxylation is 2. The van der Waals surface area contributed by atoms with Gasteiger partial charge in [0.25, 0.3) is 0 Å². The van der Waals surface area contributed by atoms with Crippen molar-refractivity contribution in [2.75, 3.05) is 11.9 Å². The van der Waals surface area contributed by atoms with E-state index < -0.39 is 0 Å². The molecule has 0 spiro atoms. The summed E-state index contributed by atoms with van der Waals surface area (Å²) < 4.78 is 8.19. The molecule has 5 heteroatoms. The predicted octanol–water partition coefficient (Wildman–Crippen LogP) is 3.53. The van der Waals surface area contributed by atoms with Gasteiger partial charge >= 0.3 is 6.85 Å². The van der Waals surface area contributed by atoms with Gasteiger partial charge in [-0.05, 0) is 43.3 Å². The Kier molecular flexibility index (Phi) is 3.83. The van der Waals surface area contributed by atoms with Gasteiger partial charge in [0.15, 0.2) is 17.6 Å². The van der Waals surface area contributed by atoms with Gasteiger partial charge in [0, 0.05) is 17.8 Å². The SMILES string of the molecule is Cc1ccc2c3c(oc2n1)C=CB(c1cc(-c2ccccc2)cc[n+]1C)N3C. The summed E-state index contributed by atoms with van der Waals surface area (Å²) in [6, 6.07) is 19.1. The molecule has 4 nitrogen and oxygen atoms in total. The van der Waals surface area contributed by atoms with Crippen molar-refractivity contribution < 1.29 is 8.98 Å². The molecule has 0 bridgehead atoms. The van der Waals surface area contributed by atoms with Gasteiger partial charge in [-0.3, -0.25) is 0 Å². The van der Waals surface area contributed by atoms with Crippen molar-refractivity contribution in [1.82, 2.24) is 4.98 Å². The average Bonchev–Trinajstić information content (AvgIpc) is 3.08. The third kappa shape index (κ3) is 2.62. The number of hydrogen-bond donors (Lipinski definition) is 0. The van der Waals surface area contributed by atoms with Crippen molar-refractivity contribution in [3.05, 3.63) is 78.2 Å². The van der Waals surface area contributed by atoms with Crippen LogP contribution in [-0.4, -0.2) is 18.9 Å². The quantitative estimate of drug-likeness (QED) is 0.402. The second kappa shape index (κ2) is 6.38. The van der Waals surface area contributed by atoms with Crippen molar-refractivity contribution in [3.8, 4) is 11.1 Å². The second-order valence-corrected chi connectivity index (χ2v) is 7.35. The van der Waals surface area contributed by atoms with E-state index in [1.54, 1.807) is 0 Å². The van der Waals surface area contributed by atoms with Crippen LogP contribution in [0.5, 0.6) is 0 Å². The normalized spacial score (nSPS) is 13.2. The lowest BCUT2D eigenvalue weighted by Crippen LogP contribution is -2.60. The molecule has 5 rings (SSSR count). The van der Waals surface area contributed by atoms with Gasteiger partial charge in [0.2, 0.25) is 5.71 Å². The molecule has 0 N–H and O–H groups in total. The lowest BCUT2D eigenvalue weighted by molar-refractivity contribution is -0.654. The van der Waals surface area contributed by atoms with Gasteiger partial charge in [0.1, 0.15) is 7.05 Å². The number of aromatic nitrogens is 2. The Hall–Kier alpha value is -3.34.